The standard InChI is InChI=1S/C22H25N3O4S/c1-16-6-12-21(13-7-16)30(28,29)25(2)15-17-8-10-18(11-9-17)22(27)24-23-19-4-3-5-20(26)14-19/h6-13H,3-5,14-15H2,1-2H3,(H,24,27). The summed E-state index contributed by atoms with van der Waals surface area (Å²) < 4.78 is 26.7. The lowest BCUT2D eigenvalue weighted by atomic mass is 9.97. The van der Waals surface area contributed by atoms with Gasteiger partial charge in [0.1, 0.15) is 5.78 Å². The van der Waals surface area contributed by atoms with Crippen molar-refractivity contribution >= 4 is 27.4 Å². The van der Waals surface area contributed by atoms with Crippen LogP contribution in [-0.2, 0) is 21.4 Å². The van der Waals surface area contributed by atoms with Gasteiger partial charge in [0.05, 0.1) is 4.90 Å². The number of Topliss-reactive ketones (excluding diaryl/α,β-unsaturated/α-hetero) is 1. The molecule has 1 saturated carbocycles. The zero-order chi connectivity index (χ0) is 21.7. The second kappa shape index (κ2) is 9.32. The van der Waals surface area contributed by atoms with E-state index in [9.17, 15) is 18.0 Å². The first-order chi connectivity index (χ1) is 14.3. The van der Waals surface area contributed by atoms with Crippen molar-refractivity contribution < 1.29 is 18.0 Å². The van der Waals surface area contributed by atoms with Crippen LogP contribution in [0.1, 0.15) is 47.2 Å². The second-order valence-corrected chi connectivity index (χ2v) is 9.50. The highest BCUT2D eigenvalue weighted by molar-refractivity contribution is 7.89. The molecule has 30 heavy (non-hydrogen) atoms. The van der Waals surface area contributed by atoms with Crippen LogP contribution in [0, 0.1) is 6.92 Å². The van der Waals surface area contributed by atoms with Crippen LogP contribution in [0.25, 0.3) is 0 Å². The maximum absolute atomic E-state index is 12.7. The van der Waals surface area contributed by atoms with Gasteiger partial charge in [-0.25, -0.2) is 13.8 Å². The Hall–Kier alpha value is -2.84. The minimum Gasteiger partial charge on any atom is -0.299 e. The van der Waals surface area contributed by atoms with Crippen molar-refractivity contribution in [3.8, 4) is 0 Å². The van der Waals surface area contributed by atoms with Crippen LogP contribution in [0.5, 0.6) is 0 Å². The highest BCUT2D eigenvalue weighted by Crippen LogP contribution is 2.18. The van der Waals surface area contributed by atoms with Crippen LogP contribution in [0.4, 0.5) is 0 Å². The second-order valence-electron chi connectivity index (χ2n) is 7.46. The molecule has 158 valence electrons. The molecule has 0 aromatic heterocycles. The highest BCUT2D eigenvalue weighted by Gasteiger charge is 2.21. The smallest absolute Gasteiger partial charge is 0.271 e. The number of ketones is 1. The van der Waals surface area contributed by atoms with Gasteiger partial charge in [-0.15, -0.1) is 0 Å². The molecule has 2 aromatic carbocycles. The Morgan fingerprint density at radius 2 is 1.73 bits per heavy atom. The van der Waals surface area contributed by atoms with Gasteiger partial charge in [0.15, 0.2) is 0 Å². The van der Waals surface area contributed by atoms with E-state index < -0.39 is 10.0 Å². The summed E-state index contributed by atoms with van der Waals surface area (Å²) in [5.41, 5.74) is 5.34. The van der Waals surface area contributed by atoms with Crippen LogP contribution < -0.4 is 5.43 Å². The molecule has 0 radical (unpaired) electrons. The molecule has 0 unspecified atom stereocenters. The molecule has 1 amide bonds. The fourth-order valence-electron chi connectivity index (χ4n) is 3.18. The molecule has 2 aromatic rings. The Morgan fingerprint density at radius 3 is 2.37 bits per heavy atom. The molecule has 0 aliphatic heterocycles. The topological polar surface area (TPSA) is 95.9 Å². The van der Waals surface area contributed by atoms with Gasteiger partial charge in [0, 0.05) is 37.7 Å². The number of sulfonamides is 1. The largest absolute Gasteiger partial charge is 0.299 e. The first kappa shape index (κ1) is 21.9. The fraction of sp³-hybridized carbons (Fsp3) is 0.318. The van der Waals surface area contributed by atoms with Gasteiger partial charge in [-0.2, -0.15) is 9.41 Å². The molecule has 0 saturated heterocycles. The highest BCUT2D eigenvalue weighted by atomic mass is 32.2. The van der Waals surface area contributed by atoms with Crippen molar-refractivity contribution in [3.05, 3.63) is 65.2 Å². The molecular weight excluding hydrogens is 402 g/mol. The number of nitrogens with zero attached hydrogens (tertiary/aromatic N) is 2. The third kappa shape index (κ3) is 5.40. The normalized spacial score (nSPS) is 16.1. The van der Waals surface area contributed by atoms with E-state index in [4.69, 9.17) is 0 Å². The summed E-state index contributed by atoms with van der Waals surface area (Å²) in [6, 6.07) is 13.4. The molecule has 7 nitrogen and oxygen atoms in total. The zero-order valence-electron chi connectivity index (χ0n) is 17.1. The summed E-state index contributed by atoms with van der Waals surface area (Å²) >= 11 is 0. The number of hydrogen-bond donors (Lipinski definition) is 1. The minimum absolute atomic E-state index is 0.142. The number of carbonyl (C=O) groups excluding carboxylic acids is 2. The van der Waals surface area contributed by atoms with E-state index in [-0.39, 0.29) is 23.1 Å². The average Bonchev–Trinajstić information content (AvgIpc) is 2.73. The maximum Gasteiger partial charge on any atom is 0.271 e. The molecule has 0 bridgehead atoms. The summed E-state index contributed by atoms with van der Waals surface area (Å²) in [4.78, 5) is 24.0. The SMILES string of the molecule is Cc1ccc(S(=O)(=O)N(C)Cc2ccc(C(=O)NN=C3CCCC(=O)C3)cc2)cc1. The van der Waals surface area contributed by atoms with Gasteiger partial charge < -0.3 is 0 Å². The molecule has 1 fully saturated rings. The third-order valence-corrected chi connectivity index (χ3v) is 6.81. The molecule has 0 atom stereocenters. The van der Waals surface area contributed by atoms with Crippen LogP contribution in [0.3, 0.4) is 0 Å². The zero-order valence-corrected chi connectivity index (χ0v) is 17.9. The first-order valence-corrected chi connectivity index (χ1v) is 11.2. The lowest BCUT2D eigenvalue weighted by Gasteiger charge is -2.17. The Bertz CT molecular complexity index is 1060. The first-order valence-electron chi connectivity index (χ1n) is 9.75. The van der Waals surface area contributed by atoms with Gasteiger partial charge in [-0.1, -0.05) is 29.8 Å². The average molecular weight is 428 g/mol. The van der Waals surface area contributed by atoms with Crippen molar-refractivity contribution in [1.29, 1.82) is 0 Å². The van der Waals surface area contributed by atoms with E-state index in [2.05, 4.69) is 10.5 Å². The van der Waals surface area contributed by atoms with Crippen molar-refractivity contribution in [2.24, 2.45) is 5.10 Å². The Labute approximate surface area is 176 Å². The number of hydrazone groups is 1. The van der Waals surface area contributed by atoms with Crippen LogP contribution in [-0.4, -0.2) is 37.2 Å². The maximum atomic E-state index is 12.7. The summed E-state index contributed by atoms with van der Waals surface area (Å²) in [5.74, 6) is -0.226. The van der Waals surface area contributed by atoms with Crippen molar-refractivity contribution in [2.45, 2.75) is 44.0 Å². The molecule has 3 rings (SSSR count). The predicted molar refractivity (Wildman–Crippen MR) is 115 cm³/mol. The van der Waals surface area contributed by atoms with Crippen LogP contribution in [0.2, 0.25) is 0 Å². The van der Waals surface area contributed by atoms with Crippen LogP contribution >= 0.6 is 0 Å². The summed E-state index contributed by atoms with van der Waals surface area (Å²) in [5, 5.41) is 4.06. The minimum atomic E-state index is -3.60. The predicted octanol–water partition coefficient (Wildman–Crippen LogP) is 3.04. The monoisotopic (exact) mass is 427 g/mol. The van der Waals surface area contributed by atoms with Crippen molar-refractivity contribution in [2.75, 3.05) is 7.05 Å². The summed E-state index contributed by atoms with van der Waals surface area (Å²) in [6.07, 6.45) is 2.34. The van der Waals surface area contributed by atoms with Gasteiger partial charge in [0.25, 0.3) is 5.91 Å². The number of hydrogen-bond acceptors (Lipinski definition) is 5. The number of aryl methyl sites for hydroxylation is 1. The lowest BCUT2D eigenvalue weighted by Crippen LogP contribution is -2.26. The number of rotatable bonds is 6. The molecule has 8 heteroatoms. The van der Waals surface area contributed by atoms with Gasteiger partial charge in [0.2, 0.25) is 10.0 Å². The van der Waals surface area contributed by atoms with Gasteiger partial charge >= 0.3 is 0 Å². The van der Waals surface area contributed by atoms with Gasteiger partial charge in [-0.05, 0) is 49.6 Å². The Balaban J connectivity index is 1.62. The van der Waals surface area contributed by atoms with E-state index in [0.717, 1.165) is 17.5 Å². The van der Waals surface area contributed by atoms with E-state index in [1.165, 1.54) is 11.4 Å². The summed E-state index contributed by atoms with van der Waals surface area (Å²) in [7, 11) is -2.07. The Morgan fingerprint density at radius 1 is 1.07 bits per heavy atom. The van der Waals surface area contributed by atoms with E-state index in [0.29, 0.717) is 30.5 Å². The molecule has 1 aliphatic carbocycles. The number of carbonyl (C=O) groups is 2. The van der Waals surface area contributed by atoms with E-state index >= 15 is 0 Å². The van der Waals surface area contributed by atoms with Gasteiger partial charge in [-0.3, -0.25) is 9.59 Å². The number of amides is 1. The van der Waals surface area contributed by atoms with Crippen molar-refractivity contribution in [1.82, 2.24) is 9.73 Å². The van der Waals surface area contributed by atoms with E-state index in [1.807, 2.05) is 6.92 Å². The molecule has 1 N–H and O–H groups in total. The fourth-order valence-corrected chi connectivity index (χ4v) is 4.34. The quantitative estimate of drug-likeness (QED) is 0.717. The van der Waals surface area contributed by atoms with E-state index in [1.54, 1.807) is 48.5 Å². The molecule has 0 heterocycles. The third-order valence-electron chi connectivity index (χ3n) is 4.99. The van der Waals surface area contributed by atoms with Crippen LogP contribution in [0.15, 0.2) is 58.5 Å². The number of benzene rings is 2. The van der Waals surface area contributed by atoms with Crippen molar-refractivity contribution in [3.63, 3.8) is 0 Å². The Kier molecular flexibility index (Phi) is 6.79. The summed E-state index contributed by atoms with van der Waals surface area (Å²) in [6.45, 7) is 2.08. The molecule has 0 spiro atoms. The lowest BCUT2D eigenvalue weighted by molar-refractivity contribution is -0.118. The molecule has 1 aliphatic rings. The molecular formula is C22H25N3O4S. The number of nitrogens with one attached hydrogen (secondary N) is 1.